The first-order chi connectivity index (χ1) is 18.5. The van der Waals surface area contributed by atoms with Gasteiger partial charge in [0.1, 0.15) is 8.42 Å². The lowest BCUT2D eigenvalue weighted by molar-refractivity contribution is -0.659. The highest BCUT2D eigenvalue weighted by molar-refractivity contribution is 5.94. The summed E-state index contributed by atoms with van der Waals surface area (Å²) in [7, 11) is 2.01. The van der Waals surface area contributed by atoms with Crippen LogP contribution in [0.15, 0.2) is 42.5 Å². The van der Waals surface area contributed by atoms with E-state index in [1.54, 1.807) is 5.56 Å². The minimum atomic E-state index is 0.329. The normalized spacial score (nSPS) is 21.5. The lowest BCUT2D eigenvalue weighted by Gasteiger charge is -2.28. The Morgan fingerprint density at radius 1 is 0.694 bits per heavy atom. The number of hydrogen-bond donors (Lipinski definition) is 0. The smallest absolute Gasteiger partial charge is 0.200 e. The van der Waals surface area contributed by atoms with Crippen molar-refractivity contribution in [3.8, 4) is 11.3 Å². The van der Waals surface area contributed by atoms with Crippen molar-refractivity contribution in [2.24, 2.45) is 7.05 Å². The first kappa shape index (κ1) is 21.9. The van der Waals surface area contributed by atoms with Gasteiger partial charge in [-0.3, -0.25) is 0 Å². The van der Waals surface area contributed by atoms with Crippen LogP contribution in [0, 0.1) is 6.92 Å². The van der Waals surface area contributed by atoms with Crippen LogP contribution in [0.1, 0.15) is 139 Å². The molecule has 190 valence electrons. The molecular weight excluding hydrogens is 434 g/mol. The van der Waals surface area contributed by atoms with Crippen molar-refractivity contribution in [3.05, 3.63) is 64.8 Å². The molecule has 1 heteroatoms. The summed E-state index contributed by atoms with van der Waals surface area (Å²) in [6, 6.07) is 12.4. The molecule has 0 bridgehead atoms. The van der Waals surface area contributed by atoms with Gasteiger partial charge in [0.25, 0.3) is 0 Å². The van der Waals surface area contributed by atoms with Crippen LogP contribution in [0.4, 0.5) is 0 Å². The minimum Gasteiger partial charge on any atom is -0.200 e. The second-order valence-electron chi connectivity index (χ2n) is 12.2. The van der Waals surface area contributed by atoms with Gasteiger partial charge in [0.15, 0.2) is 6.17 Å². The maximum absolute atomic E-state index is 8.98. The molecule has 3 aliphatic carbocycles. The summed E-state index contributed by atoms with van der Waals surface area (Å²) in [5.74, 6) is 1.92. The van der Waals surface area contributed by atoms with E-state index in [0.29, 0.717) is 30.0 Å². The molecule has 6 rings (SSSR count). The number of aromatic nitrogens is 1. The van der Waals surface area contributed by atoms with E-state index < -0.39 is 0 Å². The minimum absolute atomic E-state index is 0.329. The van der Waals surface area contributed by atoms with Crippen LogP contribution in [0.25, 0.3) is 22.0 Å². The molecule has 2 aromatic carbocycles. The molecule has 0 N–H and O–H groups in total. The zero-order valence-corrected chi connectivity index (χ0v) is 22.7. The number of rotatable bonds is 4. The van der Waals surface area contributed by atoms with E-state index in [9.17, 15) is 0 Å². The van der Waals surface area contributed by atoms with Crippen molar-refractivity contribution in [2.45, 2.75) is 121 Å². The van der Waals surface area contributed by atoms with Gasteiger partial charge in [-0.1, -0.05) is 76.0 Å². The average molecular weight is 483 g/mol. The van der Waals surface area contributed by atoms with Gasteiger partial charge < -0.3 is 0 Å². The van der Waals surface area contributed by atoms with Crippen molar-refractivity contribution in [2.75, 3.05) is 0 Å². The lowest BCUT2D eigenvalue weighted by atomic mass is 9.76. The van der Waals surface area contributed by atoms with E-state index in [1.165, 1.54) is 119 Å². The number of fused-ring (bicyclic) bond motifs is 1. The molecule has 3 saturated carbocycles. The fourth-order valence-electron chi connectivity index (χ4n) is 7.78. The van der Waals surface area contributed by atoms with Gasteiger partial charge in [-0.05, 0) is 103 Å². The van der Waals surface area contributed by atoms with Gasteiger partial charge in [-0.15, -0.1) is 0 Å². The predicted molar refractivity (Wildman–Crippen MR) is 153 cm³/mol. The van der Waals surface area contributed by atoms with Gasteiger partial charge in [0.05, 0.1) is 12.3 Å². The first-order valence-electron chi connectivity index (χ1n) is 16.1. The fourth-order valence-corrected chi connectivity index (χ4v) is 7.78. The molecule has 0 unspecified atom stereocenters. The third kappa shape index (κ3) is 4.75. The summed E-state index contributed by atoms with van der Waals surface area (Å²) in [6.07, 6.45) is 20.2. The lowest BCUT2D eigenvalue weighted by Crippen LogP contribution is -2.31. The standard InChI is InChI=1S/C35H46N/c1-25-33(28-16-10-5-11-17-28)23-31(27-14-8-4-9-15-27)24-34(25)35-32-19-18-29(26-12-6-3-7-13-26)22-30(32)20-21-36(35)2/h18-24,26-28H,3-17H2,1-2H3/q+1/i20D,21D. The third-order valence-electron chi connectivity index (χ3n) is 9.92. The average Bonchev–Trinajstić information content (AvgIpc) is 2.98. The molecule has 0 amide bonds. The quantitative estimate of drug-likeness (QED) is 0.326. The molecule has 0 atom stereocenters. The van der Waals surface area contributed by atoms with Crippen LogP contribution in [0.5, 0.6) is 0 Å². The molecular formula is C35H46N+. The summed E-state index contributed by atoms with van der Waals surface area (Å²) < 4.78 is 19.9. The van der Waals surface area contributed by atoms with Crippen molar-refractivity contribution < 1.29 is 7.31 Å². The van der Waals surface area contributed by atoms with Gasteiger partial charge in [0.2, 0.25) is 5.69 Å². The Kier molecular flexibility index (Phi) is 6.50. The highest BCUT2D eigenvalue weighted by Gasteiger charge is 2.27. The molecule has 36 heavy (non-hydrogen) atoms. The van der Waals surface area contributed by atoms with Crippen molar-refractivity contribution in [1.82, 2.24) is 0 Å². The SMILES string of the molecule is [2H]c1c([2H])[n+](C)c(-c2cc(C3CCCCC3)cc(C3CCCCC3)c2C)c2ccc(C3CCCCC3)cc12. The summed E-state index contributed by atoms with van der Waals surface area (Å²) in [4.78, 5) is 0. The summed E-state index contributed by atoms with van der Waals surface area (Å²) in [6.45, 7) is 2.34. The van der Waals surface area contributed by atoms with E-state index in [0.717, 1.165) is 16.5 Å². The first-order valence-corrected chi connectivity index (χ1v) is 15.1. The number of pyridine rings is 1. The highest BCUT2D eigenvalue weighted by Crippen LogP contribution is 2.43. The summed E-state index contributed by atoms with van der Waals surface area (Å²) in [5.41, 5.74) is 8.32. The Morgan fingerprint density at radius 3 is 1.92 bits per heavy atom. The van der Waals surface area contributed by atoms with E-state index in [1.807, 2.05) is 11.6 Å². The third-order valence-corrected chi connectivity index (χ3v) is 9.92. The van der Waals surface area contributed by atoms with E-state index in [4.69, 9.17) is 2.74 Å². The number of benzene rings is 2. The van der Waals surface area contributed by atoms with Crippen LogP contribution in [-0.4, -0.2) is 0 Å². The van der Waals surface area contributed by atoms with Crippen LogP contribution in [0.3, 0.4) is 0 Å². The largest absolute Gasteiger partial charge is 0.220 e. The Morgan fingerprint density at radius 2 is 1.28 bits per heavy atom. The zero-order chi connectivity index (χ0) is 26.2. The Labute approximate surface area is 222 Å². The fraction of sp³-hybridized carbons (Fsp3) is 0.571. The molecule has 1 nitrogen and oxygen atoms in total. The molecule has 0 saturated heterocycles. The summed E-state index contributed by atoms with van der Waals surface area (Å²) >= 11 is 0. The van der Waals surface area contributed by atoms with Gasteiger partial charge >= 0.3 is 0 Å². The number of hydrogen-bond acceptors (Lipinski definition) is 0. The van der Waals surface area contributed by atoms with Crippen molar-refractivity contribution in [1.29, 1.82) is 0 Å². The maximum atomic E-state index is 8.98. The summed E-state index contributed by atoms with van der Waals surface area (Å²) in [5, 5.41) is 2.11. The number of nitrogens with zero attached hydrogens (tertiary/aromatic N) is 1. The molecule has 3 fully saturated rings. The highest BCUT2D eigenvalue weighted by atomic mass is 14.9. The van der Waals surface area contributed by atoms with Gasteiger partial charge in [-0.2, -0.15) is 0 Å². The molecule has 1 aromatic heterocycles. The monoisotopic (exact) mass is 482 g/mol. The molecule has 0 aliphatic heterocycles. The molecule has 1 heterocycles. The second kappa shape index (κ2) is 10.7. The predicted octanol–water partition coefficient (Wildman–Crippen LogP) is 9.78. The second-order valence-corrected chi connectivity index (χ2v) is 12.2. The van der Waals surface area contributed by atoms with Gasteiger partial charge in [0, 0.05) is 6.04 Å². The molecule has 0 spiro atoms. The van der Waals surface area contributed by atoms with Crippen LogP contribution in [0.2, 0.25) is 0 Å². The molecule has 0 radical (unpaired) electrons. The zero-order valence-electron chi connectivity index (χ0n) is 24.7. The van der Waals surface area contributed by atoms with Gasteiger partial charge in [-0.25, -0.2) is 4.57 Å². The topological polar surface area (TPSA) is 3.88 Å². The van der Waals surface area contributed by atoms with E-state index in [-0.39, 0.29) is 0 Å². The molecule has 3 aromatic rings. The maximum Gasteiger partial charge on any atom is 0.220 e. The van der Waals surface area contributed by atoms with Crippen LogP contribution < -0.4 is 4.57 Å². The Hall–Kier alpha value is -2.15. The van der Waals surface area contributed by atoms with Crippen molar-refractivity contribution >= 4 is 10.8 Å². The van der Waals surface area contributed by atoms with Crippen LogP contribution in [-0.2, 0) is 7.05 Å². The Bertz CT molecular complexity index is 1310. The van der Waals surface area contributed by atoms with E-state index in [2.05, 4.69) is 37.3 Å². The van der Waals surface area contributed by atoms with Crippen molar-refractivity contribution in [3.63, 3.8) is 0 Å². The molecule has 3 aliphatic rings. The van der Waals surface area contributed by atoms with E-state index >= 15 is 0 Å². The van der Waals surface area contributed by atoms with Crippen LogP contribution >= 0.6 is 0 Å². The Balaban J connectivity index is 1.55.